The molecule has 1 aliphatic rings. The number of rotatable bonds is 6. The first-order valence-corrected chi connectivity index (χ1v) is 9.24. The molecule has 2 aromatic heterocycles. The number of fused-ring (bicyclic) bond motifs is 3. The van der Waals surface area contributed by atoms with Crippen molar-refractivity contribution in [3.63, 3.8) is 0 Å². The minimum absolute atomic E-state index is 0. The fraction of sp³-hybridized carbons (Fsp3) is 0.706. The molecule has 0 amide bonds. The van der Waals surface area contributed by atoms with E-state index in [4.69, 9.17) is 0 Å². The molecule has 0 radical (unpaired) electrons. The lowest BCUT2D eigenvalue weighted by atomic mass is 10.3. The number of hydrogen-bond donors (Lipinski definition) is 1. The second kappa shape index (κ2) is 8.26. The van der Waals surface area contributed by atoms with Crippen molar-refractivity contribution in [2.75, 3.05) is 37.6 Å². The van der Waals surface area contributed by atoms with E-state index >= 15 is 0 Å². The van der Waals surface area contributed by atoms with Crippen LogP contribution in [0.5, 0.6) is 0 Å². The van der Waals surface area contributed by atoms with Crippen LogP contribution in [0.2, 0.25) is 0 Å². The van der Waals surface area contributed by atoms with Gasteiger partial charge in [-0.25, -0.2) is 4.79 Å². The van der Waals surface area contributed by atoms with Gasteiger partial charge in [-0.3, -0.25) is 13.9 Å². The Morgan fingerprint density at radius 2 is 1.77 bits per heavy atom. The predicted octanol–water partition coefficient (Wildman–Crippen LogP) is -4.04. The number of aryl methyl sites for hydroxylation is 2. The molecule has 9 heteroatoms. The Balaban J connectivity index is 0.00000243. The van der Waals surface area contributed by atoms with Gasteiger partial charge >= 0.3 is 5.69 Å². The van der Waals surface area contributed by atoms with E-state index in [1.165, 1.54) is 16.2 Å². The summed E-state index contributed by atoms with van der Waals surface area (Å²) in [6.45, 7) is 10.5. The summed E-state index contributed by atoms with van der Waals surface area (Å²) in [7, 11) is 3.20. The highest BCUT2D eigenvalue weighted by Crippen LogP contribution is 2.24. The zero-order valence-corrected chi connectivity index (χ0v) is 16.8. The second-order valence-corrected chi connectivity index (χ2v) is 6.84. The van der Waals surface area contributed by atoms with Crippen molar-refractivity contribution in [3.8, 4) is 0 Å². The highest BCUT2D eigenvalue weighted by molar-refractivity contribution is 5.74. The topological polar surface area (TPSA) is 69.5 Å². The smallest absolute Gasteiger partial charge is 0.332 e. The lowest BCUT2D eigenvalue weighted by Crippen LogP contribution is -3.11. The third-order valence-electron chi connectivity index (χ3n) is 5.38. The van der Waals surface area contributed by atoms with Gasteiger partial charge in [-0.15, -0.1) is 0 Å². The molecule has 1 aliphatic heterocycles. The molecule has 2 aromatic rings. The highest BCUT2D eigenvalue weighted by atomic mass is 35.5. The first-order chi connectivity index (χ1) is 12.0. The monoisotopic (exact) mass is 384 g/mol. The summed E-state index contributed by atoms with van der Waals surface area (Å²) in [5.41, 5.74) is 0.443. The Morgan fingerprint density at radius 1 is 1.08 bits per heavy atom. The third kappa shape index (κ3) is 3.40. The van der Waals surface area contributed by atoms with Crippen molar-refractivity contribution in [2.45, 2.75) is 33.2 Å². The molecule has 3 heterocycles. The van der Waals surface area contributed by atoms with Crippen LogP contribution < -0.4 is 33.5 Å². The summed E-state index contributed by atoms with van der Waals surface area (Å²) in [4.78, 5) is 33.3. The van der Waals surface area contributed by atoms with Crippen LogP contribution in [0.3, 0.4) is 0 Å². The minimum atomic E-state index is -0.329. The van der Waals surface area contributed by atoms with Crippen LogP contribution in [0.15, 0.2) is 9.59 Å². The molecule has 0 fully saturated rings. The van der Waals surface area contributed by atoms with E-state index < -0.39 is 0 Å². The van der Waals surface area contributed by atoms with Crippen LogP contribution >= 0.6 is 0 Å². The lowest BCUT2D eigenvalue weighted by Gasteiger charge is -2.29. The number of halogens is 1. The van der Waals surface area contributed by atoms with Crippen molar-refractivity contribution >= 4 is 17.1 Å². The van der Waals surface area contributed by atoms with Gasteiger partial charge in [-0.1, -0.05) is 0 Å². The van der Waals surface area contributed by atoms with E-state index in [-0.39, 0.29) is 23.7 Å². The first-order valence-electron chi connectivity index (χ1n) is 9.24. The van der Waals surface area contributed by atoms with Crippen molar-refractivity contribution in [1.82, 2.24) is 18.7 Å². The van der Waals surface area contributed by atoms with Crippen molar-refractivity contribution in [3.05, 3.63) is 20.8 Å². The molecule has 3 rings (SSSR count). The van der Waals surface area contributed by atoms with Crippen LogP contribution in [-0.2, 0) is 20.6 Å². The Hall–Kier alpha value is -1.80. The number of nitrogens with one attached hydrogen (secondary N) is 1. The first kappa shape index (κ1) is 20.5. The molecule has 0 aromatic carbocycles. The van der Waals surface area contributed by atoms with Crippen LogP contribution in [0.4, 0.5) is 5.95 Å². The standard InChI is InChI=1S/C17H28N6O2.ClH/c1-5-21(6-2)9-7-10-22-11-8-12-23-13-14(18-16(22)23)19(3)17(25)20(4)15(13)24;/h5-12H2,1-4H3;1H. The predicted molar refractivity (Wildman–Crippen MR) is 98.6 cm³/mol. The van der Waals surface area contributed by atoms with Gasteiger partial charge in [0.05, 0.1) is 19.6 Å². The highest BCUT2D eigenvalue weighted by Gasteiger charge is 2.25. The molecule has 26 heavy (non-hydrogen) atoms. The van der Waals surface area contributed by atoms with Gasteiger partial charge in [0.15, 0.2) is 11.2 Å². The number of hydrogen-bond acceptors (Lipinski definition) is 4. The van der Waals surface area contributed by atoms with E-state index in [9.17, 15) is 9.59 Å². The van der Waals surface area contributed by atoms with Crippen molar-refractivity contribution in [1.29, 1.82) is 0 Å². The van der Waals surface area contributed by atoms with Crippen LogP contribution in [0.25, 0.3) is 11.2 Å². The SMILES string of the molecule is CC[NH+](CC)CCCN1CCCn2c1nc1c2c(=O)n(C)c(=O)n1C.[Cl-]. The van der Waals surface area contributed by atoms with E-state index in [0.717, 1.165) is 58.1 Å². The number of aromatic nitrogens is 4. The third-order valence-corrected chi connectivity index (χ3v) is 5.38. The number of quaternary nitrogens is 1. The van der Waals surface area contributed by atoms with Gasteiger partial charge in [0.1, 0.15) is 0 Å². The zero-order valence-electron chi connectivity index (χ0n) is 16.1. The molecule has 0 aliphatic carbocycles. The molecule has 0 bridgehead atoms. The summed E-state index contributed by atoms with van der Waals surface area (Å²) in [5.74, 6) is 0.828. The van der Waals surface area contributed by atoms with E-state index in [2.05, 4.69) is 23.7 Å². The molecule has 0 saturated heterocycles. The maximum absolute atomic E-state index is 12.6. The van der Waals surface area contributed by atoms with Crippen LogP contribution in [0.1, 0.15) is 26.7 Å². The number of nitrogens with zero attached hydrogens (tertiary/aromatic N) is 5. The average Bonchev–Trinajstić information content (AvgIpc) is 3.02. The number of anilines is 1. The summed E-state index contributed by atoms with van der Waals surface area (Å²) in [5, 5.41) is 0. The fourth-order valence-electron chi connectivity index (χ4n) is 3.74. The normalized spacial score (nSPS) is 14.0. The Labute approximate surface area is 159 Å². The zero-order chi connectivity index (χ0) is 18.1. The molecular weight excluding hydrogens is 356 g/mol. The molecule has 0 saturated carbocycles. The van der Waals surface area contributed by atoms with E-state index in [1.807, 2.05) is 4.57 Å². The molecule has 0 spiro atoms. The van der Waals surface area contributed by atoms with Gasteiger partial charge in [0.2, 0.25) is 5.95 Å². The van der Waals surface area contributed by atoms with Crippen LogP contribution in [0, 0.1) is 0 Å². The van der Waals surface area contributed by atoms with Gasteiger partial charge in [-0.2, -0.15) is 4.98 Å². The summed E-state index contributed by atoms with van der Waals surface area (Å²) in [6, 6.07) is 0. The maximum Gasteiger partial charge on any atom is 0.332 e. The van der Waals surface area contributed by atoms with E-state index in [0.29, 0.717) is 11.2 Å². The molecule has 0 unspecified atom stereocenters. The molecular formula is C17H29ClN6O2. The summed E-state index contributed by atoms with van der Waals surface area (Å²) >= 11 is 0. The fourth-order valence-corrected chi connectivity index (χ4v) is 3.74. The second-order valence-electron chi connectivity index (χ2n) is 6.84. The van der Waals surface area contributed by atoms with Gasteiger partial charge < -0.3 is 26.8 Å². The molecule has 0 atom stereocenters. The number of imidazole rings is 1. The van der Waals surface area contributed by atoms with Crippen molar-refractivity contribution < 1.29 is 17.3 Å². The minimum Gasteiger partial charge on any atom is -1.00 e. The largest absolute Gasteiger partial charge is 1.00 e. The lowest BCUT2D eigenvalue weighted by molar-refractivity contribution is -0.896. The van der Waals surface area contributed by atoms with Gasteiger partial charge in [0, 0.05) is 40.2 Å². The Morgan fingerprint density at radius 3 is 2.42 bits per heavy atom. The van der Waals surface area contributed by atoms with Crippen molar-refractivity contribution in [2.24, 2.45) is 14.1 Å². The van der Waals surface area contributed by atoms with Crippen LogP contribution in [-0.4, -0.2) is 51.4 Å². The summed E-state index contributed by atoms with van der Waals surface area (Å²) in [6.07, 6.45) is 2.08. The Bertz CT molecular complexity index is 880. The van der Waals surface area contributed by atoms with E-state index in [1.54, 1.807) is 11.9 Å². The molecule has 1 N–H and O–H groups in total. The van der Waals surface area contributed by atoms with Gasteiger partial charge in [-0.05, 0) is 20.3 Å². The quantitative estimate of drug-likeness (QED) is 0.550. The molecule has 146 valence electrons. The Kier molecular flexibility index (Phi) is 6.52. The van der Waals surface area contributed by atoms with Gasteiger partial charge in [0.25, 0.3) is 5.56 Å². The maximum atomic E-state index is 12.6. The molecule has 8 nitrogen and oxygen atoms in total. The summed E-state index contributed by atoms with van der Waals surface area (Å²) < 4.78 is 4.63. The average molecular weight is 385 g/mol.